The number of carbonyl (C=O) groups excluding carboxylic acids is 1. The zero-order valence-electron chi connectivity index (χ0n) is 13.0. The van der Waals surface area contributed by atoms with Gasteiger partial charge in [0.1, 0.15) is 0 Å². The molecule has 0 aliphatic carbocycles. The largest absolute Gasteiger partial charge is 0.336 e. The van der Waals surface area contributed by atoms with Crippen LogP contribution in [-0.2, 0) is 13.0 Å². The average molecular weight is 303 g/mol. The monoisotopic (exact) mass is 303 g/mol. The van der Waals surface area contributed by atoms with Gasteiger partial charge in [0.2, 0.25) is 0 Å². The van der Waals surface area contributed by atoms with Crippen LogP contribution in [0.4, 0.5) is 0 Å². The first kappa shape index (κ1) is 15.6. The van der Waals surface area contributed by atoms with Crippen molar-refractivity contribution in [3.8, 4) is 0 Å². The Morgan fingerprint density at radius 2 is 2.14 bits per heavy atom. The zero-order chi connectivity index (χ0) is 15.4. The molecule has 1 amide bonds. The van der Waals surface area contributed by atoms with Crippen molar-refractivity contribution >= 4 is 17.2 Å². The fourth-order valence-corrected chi connectivity index (χ4v) is 2.69. The third-order valence-corrected chi connectivity index (χ3v) is 4.02. The molecule has 5 heteroatoms. The van der Waals surface area contributed by atoms with Crippen LogP contribution in [0, 0.1) is 0 Å². The Balaban J connectivity index is 2.21. The average Bonchev–Trinajstić information content (AvgIpc) is 2.98. The molecule has 0 aromatic carbocycles. The van der Waals surface area contributed by atoms with Crippen LogP contribution in [0.15, 0.2) is 23.0 Å². The normalized spacial score (nSPS) is 10.9. The second kappa shape index (κ2) is 6.80. The van der Waals surface area contributed by atoms with E-state index in [1.807, 2.05) is 24.4 Å². The van der Waals surface area contributed by atoms with Crippen molar-refractivity contribution in [2.45, 2.75) is 39.7 Å². The van der Waals surface area contributed by atoms with E-state index < -0.39 is 0 Å². The molecule has 0 atom stereocenters. The molecule has 0 fully saturated rings. The molecule has 2 aromatic heterocycles. The van der Waals surface area contributed by atoms with Crippen LogP contribution in [0.3, 0.4) is 0 Å². The number of nitrogens with zero attached hydrogens (tertiary/aromatic N) is 3. The molecular weight excluding hydrogens is 282 g/mol. The van der Waals surface area contributed by atoms with E-state index in [9.17, 15) is 4.79 Å². The molecule has 0 spiro atoms. The summed E-state index contributed by atoms with van der Waals surface area (Å²) in [4.78, 5) is 23.1. The lowest BCUT2D eigenvalue weighted by Gasteiger charge is -2.18. The number of pyridine rings is 1. The van der Waals surface area contributed by atoms with Gasteiger partial charge in [-0.15, -0.1) is 11.3 Å². The highest BCUT2D eigenvalue weighted by molar-refractivity contribution is 7.07. The zero-order valence-corrected chi connectivity index (χ0v) is 13.8. The fourth-order valence-electron chi connectivity index (χ4n) is 2.14. The van der Waals surface area contributed by atoms with Gasteiger partial charge in [-0.25, -0.2) is 4.98 Å². The maximum Gasteiger partial charge on any atom is 0.255 e. The van der Waals surface area contributed by atoms with Crippen LogP contribution >= 0.6 is 11.3 Å². The highest BCUT2D eigenvalue weighted by Gasteiger charge is 2.18. The molecule has 0 saturated heterocycles. The van der Waals surface area contributed by atoms with Crippen LogP contribution in [-0.4, -0.2) is 27.8 Å². The standard InChI is InChI=1S/C16H21N3OS/c1-5-14-13(6-7-15(18-14)11(2)3)16(20)19(4)8-12-9-21-10-17-12/h6-7,9-11H,5,8H2,1-4H3. The number of carbonyl (C=O) groups is 1. The van der Waals surface area contributed by atoms with Crippen molar-refractivity contribution in [3.05, 3.63) is 45.7 Å². The SMILES string of the molecule is CCc1nc(C(C)C)ccc1C(=O)N(C)Cc1cscn1. The van der Waals surface area contributed by atoms with Crippen LogP contribution in [0.25, 0.3) is 0 Å². The summed E-state index contributed by atoms with van der Waals surface area (Å²) in [6.07, 6.45) is 0.756. The Hall–Kier alpha value is -1.75. The number of rotatable bonds is 5. The van der Waals surface area contributed by atoms with E-state index in [2.05, 4.69) is 23.8 Å². The predicted octanol–water partition coefficient (Wildman–Crippen LogP) is 3.50. The second-order valence-corrected chi connectivity index (χ2v) is 6.10. The minimum atomic E-state index is 0.00246. The molecule has 21 heavy (non-hydrogen) atoms. The van der Waals surface area contributed by atoms with Gasteiger partial charge in [-0.1, -0.05) is 20.8 Å². The summed E-state index contributed by atoms with van der Waals surface area (Å²) in [5.74, 6) is 0.370. The molecule has 112 valence electrons. The topological polar surface area (TPSA) is 46.1 Å². The van der Waals surface area contributed by atoms with E-state index in [-0.39, 0.29) is 5.91 Å². The van der Waals surface area contributed by atoms with Crippen LogP contribution in [0.2, 0.25) is 0 Å². The second-order valence-electron chi connectivity index (χ2n) is 5.38. The molecule has 4 nitrogen and oxygen atoms in total. The molecule has 0 radical (unpaired) electrons. The van der Waals surface area contributed by atoms with E-state index in [4.69, 9.17) is 0 Å². The van der Waals surface area contributed by atoms with Gasteiger partial charge in [0.05, 0.1) is 29.0 Å². The van der Waals surface area contributed by atoms with Gasteiger partial charge < -0.3 is 4.90 Å². The van der Waals surface area contributed by atoms with E-state index in [0.29, 0.717) is 18.0 Å². The Labute approximate surface area is 129 Å². The van der Waals surface area contributed by atoms with E-state index >= 15 is 0 Å². The Bertz CT molecular complexity index is 608. The summed E-state index contributed by atoms with van der Waals surface area (Å²) in [6.45, 7) is 6.77. The summed E-state index contributed by atoms with van der Waals surface area (Å²) < 4.78 is 0. The lowest BCUT2D eigenvalue weighted by atomic mass is 10.0. The van der Waals surface area contributed by atoms with E-state index in [1.54, 1.807) is 28.8 Å². The molecule has 0 aliphatic rings. The van der Waals surface area contributed by atoms with Crippen molar-refractivity contribution in [3.63, 3.8) is 0 Å². The predicted molar refractivity (Wildman–Crippen MR) is 85.6 cm³/mol. The highest BCUT2D eigenvalue weighted by Crippen LogP contribution is 2.17. The lowest BCUT2D eigenvalue weighted by Crippen LogP contribution is -2.27. The maximum atomic E-state index is 12.6. The first-order valence-electron chi connectivity index (χ1n) is 7.15. The van der Waals surface area contributed by atoms with Crippen LogP contribution in [0.5, 0.6) is 0 Å². The minimum Gasteiger partial charge on any atom is -0.336 e. The quantitative estimate of drug-likeness (QED) is 0.849. The van der Waals surface area contributed by atoms with Gasteiger partial charge in [-0.3, -0.25) is 9.78 Å². The Morgan fingerprint density at radius 3 is 2.71 bits per heavy atom. The van der Waals surface area contributed by atoms with Crippen LogP contribution in [0.1, 0.15) is 54.1 Å². The number of thiazole rings is 1. The van der Waals surface area contributed by atoms with Crippen molar-refractivity contribution in [1.82, 2.24) is 14.9 Å². The number of hydrogen-bond donors (Lipinski definition) is 0. The molecular formula is C16H21N3OS. The summed E-state index contributed by atoms with van der Waals surface area (Å²) in [6, 6.07) is 3.86. The first-order chi connectivity index (χ1) is 10.0. The molecule has 2 rings (SSSR count). The molecule has 0 aliphatic heterocycles. The van der Waals surface area contributed by atoms with Gasteiger partial charge in [0.25, 0.3) is 5.91 Å². The Kier molecular flexibility index (Phi) is 5.07. The molecule has 0 saturated carbocycles. The van der Waals surface area contributed by atoms with Gasteiger partial charge in [0, 0.05) is 18.1 Å². The number of amides is 1. The number of aryl methyl sites for hydroxylation is 1. The van der Waals surface area contributed by atoms with E-state index in [0.717, 1.165) is 23.5 Å². The van der Waals surface area contributed by atoms with Gasteiger partial charge in [-0.2, -0.15) is 0 Å². The van der Waals surface area contributed by atoms with Crippen molar-refractivity contribution in [2.75, 3.05) is 7.05 Å². The number of aromatic nitrogens is 2. The number of hydrogen-bond acceptors (Lipinski definition) is 4. The highest BCUT2D eigenvalue weighted by atomic mass is 32.1. The summed E-state index contributed by atoms with van der Waals surface area (Å²) in [7, 11) is 1.80. The summed E-state index contributed by atoms with van der Waals surface area (Å²) >= 11 is 1.54. The summed E-state index contributed by atoms with van der Waals surface area (Å²) in [5.41, 5.74) is 5.30. The fraction of sp³-hybridized carbons (Fsp3) is 0.438. The maximum absolute atomic E-state index is 12.6. The van der Waals surface area contributed by atoms with Gasteiger partial charge in [-0.05, 0) is 24.5 Å². The molecule has 0 bridgehead atoms. The molecule has 2 aromatic rings. The van der Waals surface area contributed by atoms with E-state index in [1.165, 1.54) is 0 Å². The van der Waals surface area contributed by atoms with Crippen molar-refractivity contribution in [1.29, 1.82) is 0 Å². The first-order valence-corrected chi connectivity index (χ1v) is 8.09. The lowest BCUT2D eigenvalue weighted by molar-refractivity contribution is 0.0782. The Morgan fingerprint density at radius 1 is 1.38 bits per heavy atom. The smallest absolute Gasteiger partial charge is 0.255 e. The molecule has 0 unspecified atom stereocenters. The van der Waals surface area contributed by atoms with Gasteiger partial charge in [0.15, 0.2) is 0 Å². The molecule has 0 N–H and O–H groups in total. The third-order valence-electron chi connectivity index (χ3n) is 3.38. The summed E-state index contributed by atoms with van der Waals surface area (Å²) in [5, 5.41) is 1.96. The van der Waals surface area contributed by atoms with Gasteiger partial charge >= 0.3 is 0 Å². The minimum absolute atomic E-state index is 0.00246. The molecule has 2 heterocycles. The van der Waals surface area contributed by atoms with Crippen molar-refractivity contribution in [2.24, 2.45) is 0 Å². The third kappa shape index (κ3) is 3.67. The van der Waals surface area contributed by atoms with Crippen LogP contribution < -0.4 is 0 Å². The van der Waals surface area contributed by atoms with Crippen molar-refractivity contribution < 1.29 is 4.79 Å².